The summed E-state index contributed by atoms with van der Waals surface area (Å²) in [7, 11) is 2.04. The van der Waals surface area contributed by atoms with Gasteiger partial charge in [-0.1, -0.05) is 23.7 Å². The fraction of sp³-hybridized carbons (Fsp3) is 0.538. The van der Waals surface area contributed by atoms with Crippen LogP contribution in [0.3, 0.4) is 0 Å². The first-order valence-corrected chi connectivity index (χ1v) is 6.32. The lowest BCUT2D eigenvalue weighted by Crippen LogP contribution is -2.37. The Labute approximate surface area is 102 Å². The smallest absolute Gasteiger partial charge is 0.0406 e. The van der Waals surface area contributed by atoms with Crippen LogP contribution in [0.2, 0.25) is 5.02 Å². The van der Waals surface area contributed by atoms with E-state index in [0.717, 1.165) is 18.1 Å². The van der Waals surface area contributed by atoms with Gasteiger partial charge < -0.3 is 10.6 Å². The maximum Gasteiger partial charge on any atom is 0.0406 e. The Balaban J connectivity index is 2.11. The van der Waals surface area contributed by atoms with E-state index in [1.54, 1.807) is 0 Å². The van der Waals surface area contributed by atoms with Crippen molar-refractivity contribution in [2.24, 2.45) is 5.92 Å². The predicted octanol–water partition coefficient (Wildman–Crippen LogP) is 2.60. The predicted molar refractivity (Wildman–Crippen MR) is 68.8 cm³/mol. The topological polar surface area (TPSA) is 24.1 Å². The van der Waals surface area contributed by atoms with Gasteiger partial charge >= 0.3 is 0 Å². The van der Waals surface area contributed by atoms with E-state index < -0.39 is 0 Å². The summed E-state index contributed by atoms with van der Waals surface area (Å²) < 4.78 is 0. The van der Waals surface area contributed by atoms with E-state index in [1.165, 1.54) is 18.4 Å². The van der Waals surface area contributed by atoms with Gasteiger partial charge in [-0.3, -0.25) is 0 Å². The lowest BCUT2D eigenvalue weighted by molar-refractivity contribution is 0.298. The molecular formula is C13H19ClN2. The third-order valence-corrected chi connectivity index (χ3v) is 3.60. The summed E-state index contributed by atoms with van der Waals surface area (Å²) >= 11 is 5.91. The third kappa shape index (κ3) is 2.76. The van der Waals surface area contributed by atoms with Crippen LogP contribution >= 0.6 is 11.6 Å². The molecule has 1 fully saturated rings. The van der Waals surface area contributed by atoms with Crippen molar-refractivity contribution in [1.82, 2.24) is 10.6 Å². The minimum absolute atomic E-state index is 0.435. The molecule has 2 rings (SSSR count). The number of hydrogen-bond acceptors (Lipinski definition) is 2. The Kier molecular flexibility index (Phi) is 4.22. The molecule has 2 atom stereocenters. The van der Waals surface area contributed by atoms with Crippen LogP contribution in [0.5, 0.6) is 0 Å². The Morgan fingerprint density at radius 1 is 1.38 bits per heavy atom. The van der Waals surface area contributed by atoms with Gasteiger partial charge in [0, 0.05) is 11.1 Å². The molecular weight excluding hydrogens is 220 g/mol. The highest BCUT2D eigenvalue weighted by atomic mass is 35.5. The Morgan fingerprint density at radius 3 is 2.69 bits per heavy atom. The molecule has 0 aliphatic carbocycles. The average molecular weight is 239 g/mol. The standard InChI is InChI=1S/C13H19ClN2/c1-15-13(11-3-2-8-16-9-11)10-4-6-12(14)7-5-10/h4-7,11,13,15-16H,2-3,8-9H2,1H3. The second-order valence-corrected chi connectivity index (χ2v) is 4.86. The SMILES string of the molecule is CNC(c1ccc(Cl)cc1)C1CCCNC1. The fourth-order valence-electron chi connectivity index (χ4n) is 2.51. The molecule has 1 aliphatic rings. The lowest BCUT2D eigenvalue weighted by Gasteiger charge is -2.31. The van der Waals surface area contributed by atoms with Crippen LogP contribution in [0.25, 0.3) is 0 Å². The van der Waals surface area contributed by atoms with Crippen molar-refractivity contribution in [1.29, 1.82) is 0 Å². The summed E-state index contributed by atoms with van der Waals surface area (Å²) in [5.74, 6) is 0.680. The highest BCUT2D eigenvalue weighted by Gasteiger charge is 2.23. The molecule has 0 radical (unpaired) electrons. The Morgan fingerprint density at radius 2 is 2.12 bits per heavy atom. The number of nitrogens with one attached hydrogen (secondary N) is 2. The number of rotatable bonds is 3. The zero-order valence-electron chi connectivity index (χ0n) is 9.67. The second kappa shape index (κ2) is 5.67. The maximum atomic E-state index is 5.91. The van der Waals surface area contributed by atoms with E-state index >= 15 is 0 Å². The van der Waals surface area contributed by atoms with Crippen LogP contribution < -0.4 is 10.6 Å². The van der Waals surface area contributed by atoms with E-state index in [9.17, 15) is 0 Å². The van der Waals surface area contributed by atoms with Crippen LogP contribution in [0.4, 0.5) is 0 Å². The van der Waals surface area contributed by atoms with Crippen molar-refractivity contribution < 1.29 is 0 Å². The summed E-state index contributed by atoms with van der Waals surface area (Å²) in [6.07, 6.45) is 2.57. The van der Waals surface area contributed by atoms with Gasteiger partial charge in [-0.05, 0) is 56.6 Å². The summed E-state index contributed by atoms with van der Waals surface area (Å²) in [5.41, 5.74) is 1.33. The van der Waals surface area contributed by atoms with E-state index in [2.05, 4.69) is 22.8 Å². The monoisotopic (exact) mass is 238 g/mol. The highest BCUT2D eigenvalue weighted by Crippen LogP contribution is 2.27. The normalized spacial score (nSPS) is 23.0. The summed E-state index contributed by atoms with van der Waals surface area (Å²) in [5, 5.41) is 7.70. The van der Waals surface area contributed by atoms with Gasteiger partial charge in [-0.25, -0.2) is 0 Å². The van der Waals surface area contributed by atoms with Crippen LogP contribution in [-0.2, 0) is 0 Å². The van der Waals surface area contributed by atoms with E-state index in [0.29, 0.717) is 12.0 Å². The largest absolute Gasteiger partial charge is 0.316 e. The van der Waals surface area contributed by atoms with Gasteiger partial charge in [0.2, 0.25) is 0 Å². The van der Waals surface area contributed by atoms with E-state index in [1.807, 2.05) is 19.2 Å². The van der Waals surface area contributed by atoms with E-state index in [-0.39, 0.29) is 0 Å². The molecule has 0 aromatic heterocycles. The summed E-state index contributed by atoms with van der Waals surface area (Å²) in [4.78, 5) is 0. The third-order valence-electron chi connectivity index (χ3n) is 3.35. The summed E-state index contributed by atoms with van der Waals surface area (Å²) in [6.45, 7) is 2.27. The van der Waals surface area contributed by atoms with Crippen LogP contribution in [0.1, 0.15) is 24.4 Å². The van der Waals surface area contributed by atoms with Crippen LogP contribution in [-0.4, -0.2) is 20.1 Å². The molecule has 88 valence electrons. The number of halogens is 1. The van der Waals surface area contributed by atoms with Crippen LogP contribution in [0, 0.1) is 5.92 Å². The van der Waals surface area contributed by atoms with Gasteiger partial charge in [0.15, 0.2) is 0 Å². The molecule has 1 heterocycles. The summed E-state index contributed by atoms with van der Waals surface area (Å²) in [6, 6.07) is 8.62. The van der Waals surface area contributed by atoms with Gasteiger partial charge in [0.25, 0.3) is 0 Å². The van der Waals surface area contributed by atoms with Crippen molar-refractivity contribution >= 4 is 11.6 Å². The first-order chi connectivity index (χ1) is 7.81. The van der Waals surface area contributed by atoms with Gasteiger partial charge in [0.1, 0.15) is 0 Å². The van der Waals surface area contributed by atoms with Gasteiger partial charge in [-0.15, -0.1) is 0 Å². The van der Waals surface area contributed by atoms with Crippen molar-refractivity contribution in [2.45, 2.75) is 18.9 Å². The minimum atomic E-state index is 0.435. The zero-order valence-corrected chi connectivity index (χ0v) is 10.4. The van der Waals surface area contributed by atoms with Gasteiger partial charge in [-0.2, -0.15) is 0 Å². The molecule has 1 saturated heterocycles. The molecule has 0 amide bonds. The minimum Gasteiger partial charge on any atom is -0.316 e. The van der Waals surface area contributed by atoms with Crippen LogP contribution in [0.15, 0.2) is 24.3 Å². The molecule has 3 heteroatoms. The molecule has 1 aromatic rings. The number of hydrogen-bond donors (Lipinski definition) is 2. The molecule has 0 saturated carbocycles. The molecule has 0 bridgehead atoms. The number of piperidine rings is 1. The highest BCUT2D eigenvalue weighted by molar-refractivity contribution is 6.30. The zero-order chi connectivity index (χ0) is 11.4. The maximum absolute atomic E-state index is 5.91. The molecule has 0 spiro atoms. The molecule has 2 N–H and O–H groups in total. The fourth-order valence-corrected chi connectivity index (χ4v) is 2.63. The molecule has 2 unspecified atom stereocenters. The van der Waals surface area contributed by atoms with Gasteiger partial charge in [0.05, 0.1) is 0 Å². The van der Waals surface area contributed by atoms with Crippen molar-refractivity contribution in [2.75, 3.05) is 20.1 Å². The quantitative estimate of drug-likeness (QED) is 0.846. The van der Waals surface area contributed by atoms with Crippen molar-refractivity contribution in [3.05, 3.63) is 34.9 Å². The molecule has 1 aliphatic heterocycles. The van der Waals surface area contributed by atoms with E-state index in [4.69, 9.17) is 11.6 Å². The lowest BCUT2D eigenvalue weighted by atomic mass is 9.87. The number of benzene rings is 1. The molecule has 16 heavy (non-hydrogen) atoms. The second-order valence-electron chi connectivity index (χ2n) is 4.42. The first-order valence-electron chi connectivity index (χ1n) is 5.94. The average Bonchev–Trinajstić information content (AvgIpc) is 2.34. The Bertz CT molecular complexity index is 317. The van der Waals surface area contributed by atoms with Crippen molar-refractivity contribution in [3.63, 3.8) is 0 Å². The first kappa shape index (κ1) is 11.9. The van der Waals surface area contributed by atoms with Crippen molar-refractivity contribution in [3.8, 4) is 0 Å². The Hall–Kier alpha value is -0.570. The molecule has 2 nitrogen and oxygen atoms in total. The molecule has 1 aromatic carbocycles.